The topological polar surface area (TPSA) is 54.9 Å². The first kappa shape index (κ1) is 26.0. The van der Waals surface area contributed by atoms with Crippen LogP contribution in [0.4, 0.5) is 13.2 Å². The molecule has 0 bridgehead atoms. The maximum absolute atomic E-state index is 12.4. The molecule has 1 heterocycles. The third-order valence-corrected chi connectivity index (χ3v) is 5.85. The summed E-state index contributed by atoms with van der Waals surface area (Å²) in [5, 5.41) is 6.61. The minimum Gasteiger partial charge on any atom is -0.493 e. The van der Waals surface area contributed by atoms with Crippen LogP contribution in [0.25, 0.3) is 0 Å². The van der Waals surface area contributed by atoms with Crippen molar-refractivity contribution in [2.45, 2.75) is 44.2 Å². The van der Waals surface area contributed by atoms with Crippen molar-refractivity contribution in [3.8, 4) is 11.5 Å². The molecule has 1 aliphatic rings. The maximum atomic E-state index is 12.4. The molecule has 29 heavy (non-hydrogen) atoms. The van der Waals surface area contributed by atoms with E-state index in [4.69, 9.17) is 9.47 Å². The minimum absolute atomic E-state index is 0. The molecule has 166 valence electrons. The van der Waals surface area contributed by atoms with Gasteiger partial charge >= 0.3 is 6.18 Å². The molecule has 0 spiro atoms. The number of guanidine groups is 1. The Kier molecular flexibility index (Phi) is 10.7. The lowest BCUT2D eigenvalue weighted by molar-refractivity contribution is -0.153. The second-order valence-corrected chi connectivity index (χ2v) is 8.52. The van der Waals surface area contributed by atoms with Gasteiger partial charge < -0.3 is 20.1 Å². The second kappa shape index (κ2) is 12.0. The van der Waals surface area contributed by atoms with E-state index in [1.807, 2.05) is 18.7 Å². The van der Waals surface area contributed by atoms with E-state index in [1.54, 1.807) is 12.1 Å². The number of aliphatic imine (C=N–C) groups is 1. The van der Waals surface area contributed by atoms with Crippen molar-refractivity contribution >= 4 is 41.7 Å². The first-order valence-corrected chi connectivity index (χ1v) is 10.3. The van der Waals surface area contributed by atoms with E-state index >= 15 is 0 Å². The van der Waals surface area contributed by atoms with Crippen LogP contribution in [-0.4, -0.2) is 49.4 Å². The molecule has 1 atom stereocenters. The lowest BCUT2D eigenvalue weighted by Crippen LogP contribution is -2.43. The van der Waals surface area contributed by atoms with Crippen molar-refractivity contribution in [1.82, 2.24) is 10.6 Å². The van der Waals surface area contributed by atoms with Gasteiger partial charge in [0.15, 0.2) is 24.1 Å². The van der Waals surface area contributed by atoms with E-state index in [1.165, 1.54) is 31.8 Å². The van der Waals surface area contributed by atoms with E-state index < -0.39 is 12.8 Å². The van der Waals surface area contributed by atoms with Gasteiger partial charge in [-0.3, -0.25) is 0 Å². The van der Waals surface area contributed by atoms with Crippen molar-refractivity contribution in [1.29, 1.82) is 0 Å². The van der Waals surface area contributed by atoms with Gasteiger partial charge in [0.2, 0.25) is 0 Å². The van der Waals surface area contributed by atoms with Gasteiger partial charge in [-0.1, -0.05) is 6.07 Å². The number of nitrogens with zero attached hydrogens (tertiary/aromatic N) is 1. The van der Waals surface area contributed by atoms with Crippen molar-refractivity contribution in [2.75, 3.05) is 32.6 Å². The summed E-state index contributed by atoms with van der Waals surface area (Å²) in [5.74, 6) is 2.22. The highest BCUT2D eigenvalue weighted by atomic mass is 127. The summed E-state index contributed by atoms with van der Waals surface area (Å²) >= 11 is 1.98. The van der Waals surface area contributed by atoms with Crippen LogP contribution in [0.5, 0.6) is 11.5 Å². The van der Waals surface area contributed by atoms with Crippen LogP contribution in [-0.2, 0) is 6.54 Å². The first-order valence-electron chi connectivity index (χ1n) is 9.27. The van der Waals surface area contributed by atoms with E-state index in [0.717, 1.165) is 18.7 Å². The molecule has 1 saturated heterocycles. The fraction of sp³-hybridized carbons (Fsp3) is 0.632. The van der Waals surface area contributed by atoms with Crippen molar-refractivity contribution in [3.63, 3.8) is 0 Å². The molecule has 2 N–H and O–H groups in total. The minimum atomic E-state index is -4.39. The fourth-order valence-corrected chi connectivity index (χ4v) is 4.09. The van der Waals surface area contributed by atoms with Crippen LogP contribution < -0.4 is 20.1 Å². The van der Waals surface area contributed by atoms with Gasteiger partial charge in [-0.25, -0.2) is 4.99 Å². The molecule has 5 nitrogen and oxygen atoms in total. The average molecular weight is 547 g/mol. The Bertz CT molecular complexity index is 669. The van der Waals surface area contributed by atoms with Crippen molar-refractivity contribution in [2.24, 2.45) is 4.99 Å². The Hall–Kier alpha value is -1.04. The Morgan fingerprint density at radius 3 is 2.62 bits per heavy atom. The summed E-state index contributed by atoms with van der Waals surface area (Å²) in [6, 6.07) is 4.81. The molecule has 0 saturated carbocycles. The molecule has 1 aromatic rings. The third kappa shape index (κ3) is 9.10. The van der Waals surface area contributed by atoms with E-state index in [2.05, 4.69) is 22.5 Å². The van der Waals surface area contributed by atoms with Gasteiger partial charge in [0.1, 0.15) is 0 Å². The lowest BCUT2D eigenvalue weighted by Gasteiger charge is -2.24. The van der Waals surface area contributed by atoms with Crippen LogP contribution in [0, 0.1) is 0 Å². The SMILES string of the molecule is CCNC(=NCc1ccc(OCC(F)(F)F)c(OC)c1)NCC1(C)CCCS1.I. The molecule has 0 aliphatic carbocycles. The van der Waals surface area contributed by atoms with Crippen molar-refractivity contribution < 1.29 is 22.6 Å². The number of thioether (sulfide) groups is 1. The molecule has 1 aromatic carbocycles. The number of halogens is 4. The molecule has 2 rings (SSSR count). The number of benzene rings is 1. The number of rotatable bonds is 8. The predicted octanol–water partition coefficient (Wildman–Crippen LogP) is 4.60. The summed E-state index contributed by atoms with van der Waals surface area (Å²) in [5.41, 5.74) is 0.815. The smallest absolute Gasteiger partial charge is 0.422 e. The number of methoxy groups -OCH3 is 1. The Labute approximate surface area is 191 Å². The monoisotopic (exact) mass is 547 g/mol. The van der Waals surface area contributed by atoms with Gasteiger partial charge in [0.05, 0.1) is 13.7 Å². The largest absolute Gasteiger partial charge is 0.493 e. The Morgan fingerprint density at radius 2 is 2.03 bits per heavy atom. The first-order chi connectivity index (χ1) is 13.2. The zero-order chi connectivity index (χ0) is 20.6. The Morgan fingerprint density at radius 1 is 1.28 bits per heavy atom. The molecular weight excluding hydrogens is 518 g/mol. The standard InChI is InChI=1S/C19H28F3N3O2S.HI/c1-4-23-17(25-12-18(2)8-5-9-28-18)24-11-14-6-7-15(16(10-14)26-3)27-13-19(20,21)22;/h6-7,10H,4-5,8-9,11-13H2,1-3H3,(H2,23,24,25);1H. The molecule has 1 aliphatic heterocycles. The van der Waals surface area contributed by atoms with E-state index in [9.17, 15) is 13.2 Å². The highest BCUT2D eigenvalue weighted by Crippen LogP contribution is 2.37. The van der Waals surface area contributed by atoms with Gasteiger partial charge in [-0.2, -0.15) is 24.9 Å². The second-order valence-electron chi connectivity index (χ2n) is 6.84. The fourth-order valence-electron chi connectivity index (χ4n) is 2.85. The molecule has 0 aromatic heterocycles. The molecular formula is C19H29F3IN3O2S. The van der Waals surface area contributed by atoms with Gasteiger partial charge in [0.25, 0.3) is 0 Å². The molecule has 10 heteroatoms. The normalized spacial score (nSPS) is 19.4. The van der Waals surface area contributed by atoms with Crippen molar-refractivity contribution in [3.05, 3.63) is 23.8 Å². The summed E-state index contributed by atoms with van der Waals surface area (Å²) < 4.78 is 47.2. The number of nitrogens with one attached hydrogen (secondary N) is 2. The molecule has 0 radical (unpaired) electrons. The van der Waals surface area contributed by atoms with Crippen LogP contribution in [0.15, 0.2) is 23.2 Å². The number of ether oxygens (including phenoxy) is 2. The maximum Gasteiger partial charge on any atom is 0.422 e. The van der Waals surface area contributed by atoms with Crippen LogP contribution in [0.2, 0.25) is 0 Å². The van der Waals surface area contributed by atoms with E-state index in [0.29, 0.717) is 12.5 Å². The molecule has 0 amide bonds. The predicted molar refractivity (Wildman–Crippen MR) is 123 cm³/mol. The highest BCUT2D eigenvalue weighted by Gasteiger charge is 2.30. The van der Waals surface area contributed by atoms with Gasteiger partial charge in [-0.05, 0) is 50.1 Å². The lowest BCUT2D eigenvalue weighted by atomic mass is 10.1. The molecule has 1 fully saturated rings. The van der Waals surface area contributed by atoms with Crippen LogP contribution in [0.3, 0.4) is 0 Å². The highest BCUT2D eigenvalue weighted by molar-refractivity contribution is 14.0. The van der Waals surface area contributed by atoms with Crippen LogP contribution in [0.1, 0.15) is 32.3 Å². The van der Waals surface area contributed by atoms with E-state index in [-0.39, 0.29) is 40.2 Å². The summed E-state index contributed by atoms with van der Waals surface area (Å²) in [6.45, 7) is 4.84. The summed E-state index contributed by atoms with van der Waals surface area (Å²) in [6.07, 6.45) is -1.98. The summed E-state index contributed by atoms with van der Waals surface area (Å²) in [7, 11) is 1.40. The average Bonchev–Trinajstić information content (AvgIpc) is 3.08. The third-order valence-electron chi connectivity index (χ3n) is 4.31. The number of hydrogen-bond donors (Lipinski definition) is 2. The van der Waals surface area contributed by atoms with Gasteiger partial charge in [0, 0.05) is 17.8 Å². The summed E-state index contributed by atoms with van der Waals surface area (Å²) in [4.78, 5) is 4.57. The number of hydrogen-bond acceptors (Lipinski definition) is 4. The Balaban J connectivity index is 0.00000420. The molecule has 1 unspecified atom stereocenters. The quantitative estimate of drug-likeness (QED) is 0.283. The zero-order valence-corrected chi connectivity index (χ0v) is 20.0. The van der Waals surface area contributed by atoms with Gasteiger partial charge in [-0.15, -0.1) is 24.0 Å². The van der Waals surface area contributed by atoms with Crippen LogP contribution >= 0.6 is 35.7 Å². The zero-order valence-electron chi connectivity index (χ0n) is 16.9. The number of alkyl halides is 3.